The van der Waals surface area contributed by atoms with E-state index in [0.717, 1.165) is 17.7 Å². The summed E-state index contributed by atoms with van der Waals surface area (Å²) in [7, 11) is 0. The first-order valence-electron chi connectivity index (χ1n) is 6.59. The van der Waals surface area contributed by atoms with E-state index in [1.54, 1.807) is 5.51 Å². The van der Waals surface area contributed by atoms with E-state index in [0.29, 0.717) is 23.7 Å². The van der Waals surface area contributed by atoms with Crippen LogP contribution >= 0.6 is 11.3 Å². The third-order valence-electron chi connectivity index (χ3n) is 3.94. The summed E-state index contributed by atoms with van der Waals surface area (Å²) in [6, 6.07) is 4.02. The summed E-state index contributed by atoms with van der Waals surface area (Å²) in [6.07, 6.45) is 0.975. The van der Waals surface area contributed by atoms with E-state index in [9.17, 15) is 10.1 Å². The van der Waals surface area contributed by atoms with Crippen molar-refractivity contribution in [1.29, 1.82) is 0 Å². The summed E-state index contributed by atoms with van der Waals surface area (Å²) in [5, 5.41) is 11.5. The van der Waals surface area contributed by atoms with Crippen molar-refractivity contribution in [3.8, 4) is 0 Å². The highest BCUT2D eigenvalue weighted by atomic mass is 32.1. The lowest BCUT2D eigenvalue weighted by Crippen LogP contribution is -2.28. The fourth-order valence-corrected chi connectivity index (χ4v) is 3.65. The number of nitrogens with two attached hydrogens (primary N) is 1. The average molecular weight is 292 g/mol. The second kappa shape index (κ2) is 4.99. The number of nitrogens with zero attached hydrogens (tertiary/aromatic N) is 3. The molecule has 1 aromatic heterocycles. The zero-order chi connectivity index (χ0) is 14.3. The molecule has 0 saturated carbocycles. The van der Waals surface area contributed by atoms with Gasteiger partial charge in [0.15, 0.2) is 5.52 Å². The molecule has 1 fully saturated rings. The van der Waals surface area contributed by atoms with Gasteiger partial charge in [-0.1, -0.05) is 0 Å². The molecule has 0 amide bonds. The molecule has 7 heteroatoms. The van der Waals surface area contributed by atoms with Crippen LogP contribution in [0.5, 0.6) is 0 Å². The Morgan fingerprint density at radius 1 is 1.60 bits per heavy atom. The molecule has 20 heavy (non-hydrogen) atoms. The van der Waals surface area contributed by atoms with E-state index in [1.165, 1.54) is 11.3 Å². The second-order valence-corrected chi connectivity index (χ2v) is 6.11. The molecular formula is C13H16N4O2S. The van der Waals surface area contributed by atoms with Gasteiger partial charge in [-0.3, -0.25) is 10.1 Å². The molecule has 1 aromatic carbocycles. The molecule has 1 aliphatic heterocycles. The van der Waals surface area contributed by atoms with Crippen LogP contribution in [0, 0.1) is 16.0 Å². The van der Waals surface area contributed by atoms with E-state index in [1.807, 2.05) is 12.1 Å². The number of aromatic nitrogens is 1. The van der Waals surface area contributed by atoms with Gasteiger partial charge < -0.3 is 10.6 Å². The zero-order valence-electron chi connectivity index (χ0n) is 11.2. The Labute approximate surface area is 120 Å². The number of hydrogen-bond acceptors (Lipinski definition) is 6. The van der Waals surface area contributed by atoms with Gasteiger partial charge in [0.25, 0.3) is 0 Å². The molecule has 2 heterocycles. The standard InChI is InChI=1S/C13H16N4O2S/c1-8-4-9(5-14)6-16(8)10-2-3-11-12(15-7-20-11)13(10)17(18)19/h2-3,7-9H,4-6,14H2,1H3. The van der Waals surface area contributed by atoms with Crippen molar-refractivity contribution in [3.05, 3.63) is 27.8 Å². The Balaban J connectivity index is 2.11. The second-order valence-electron chi connectivity index (χ2n) is 5.23. The number of benzene rings is 1. The monoisotopic (exact) mass is 292 g/mol. The Kier molecular flexibility index (Phi) is 3.31. The zero-order valence-corrected chi connectivity index (χ0v) is 12.0. The van der Waals surface area contributed by atoms with Gasteiger partial charge in [0.05, 0.1) is 15.1 Å². The minimum atomic E-state index is -0.320. The third-order valence-corrected chi connectivity index (χ3v) is 4.74. The van der Waals surface area contributed by atoms with E-state index in [2.05, 4.69) is 16.8 Å². The third kappa shape index (κ3) is 2.03. The van der Waals surface area contributed by atoms with Gasteiger partial charge in [0.2, 0.25) is 0 Å². The maximum atomic E-state index is 11.5. The Bertz CT molecular complexity index is 657. The molecule has 2 N–H and O–H groups in total. The van der Waals surface area contributed by atoms with Crippen molar-refractivity contribution in [1.82, 2.24) is 4.98 Å². The van der Waals surface area contributed by atoms with E-state index in [4.69, 9.17) is 5.73 Å². The lowest BCUT2D eigenvalue weighted by Gasteiger charge is -2.23. The molecule has 0 bridgehead atoms. The maximum Gasteiger partial charge on any atom is 0.319 e. The van der Waals surface area contributed by atoms with E-state index in [-0.39, 0.29) is 16.7 Å². The molecule has 1 aliphatic rings. The van der Waals surface area contributed by atoms with Crippen molar-refractivity contribution >= 4 is 32.9 Å². The first kappa shape index (κ1) is 13.3. The van der Waals surface area contributed by atoms with Crippen LogP contribution < -0.4 is 10.6 Å². The molecule has 2 unspecified atom stereocenters. The summed E-state index contributed by atoms with van der Waals surface area (Å²) < 4.78 is 0.850. The van der Waals surface area contributed by atoms with Crippen LogP contribution in [0.2, 0.25) is 0 Å². The Hall–Kier alpha value is -1.73. The van der Waals surface area contributed by atoms with Gasteiger partial charge in [-0.05, 0) is 37.9 Å². The highest BCUT2D eigenvalue weighted by molar-refractivity contribution is 7.16. The minimum absolute atomic E-state index is 0.119. The topological polar surface area (TPSA) is 85.3 Å². The fourth-order valence-electron chi connectivity index (χ4n) is 2.97. The van der Waals surface area contributed by atoms with Crippen molar-refractivity contribution < 1.29 is 4.92 Å². The number of fused-ring (bicyclic) bond motifs is 1. The molecule has 3 rings (SSSR count). The van der Waals surface area contributed by atoms with Crippen molar-refractivity contribution in [2.24, 2.45) is 11.7 Å². The van der Waals surface area contributed by atoms with Crippen LogP contribution in [-0.4, -0.2) is 29.0 Å². The number of nitro groups is 1. The molecule has 1 saturated heterocycles. The molecule has 0 radical (unpaired) electrons. The Morgan fingerprint density at radius 3 is 3.05 bits per heavy atom. The lowest BCUT2D eigenvalue weighted by atomic mass is 10.1. The first-order chi connectivity index (χ1) is 9.61. The van der Waals surface area contributed by atoms with E-state index >= 15 is 0 Å². The van der Waals surface area contributed by atoms with Crippen LogP contribution in [0.3, 0.4) is 0 Å². The maximum absolute atomic E-state index is 11.5. The fraction of sp³-hybridized carbons (Fsp3) is 0.462. The molecule has 106 valence electrons. The van der Waals surface area contributed by atoms with Crippen LogP contribution in [0.15, 0.2) is 17.6 Å². The van der Waals surface area contributed by atoms with E-state index < -0.39 is 0 Å². The summed E-state index contributed by atoms with van der Waals surface area (Å²) in [6.45, 7) is 3.48. The highest BCUT2D eigenvalue weighted by Crippen LogP contribution is 2.40. The van der Waals surface area contributed by atoms with Gasteiger partial charge in [0, 0.05) is 12.6 Å². The molecule has 0 spiro atoms. The first-order valence-corrected chi connectivity index (χ1v) is 7.47. The predicted octanol–water partition coefficient (Wildman–Crippen LogP) is 2.38. The van der Waals surface area contributed by atoms with Crippen LogP contribution in [0.25, 0.3) is 10.2 Å². The number of hydrogen-bond donors (Lipinski definition) is 1. The van der Waals surface area contributed by atoms with Gasteiger partial charge >= 0.3 is 5.69 Å². The summed E-state index contributed by atoms with van der Waals surface area (Å²) >= 11 is 1.42. The molecule has 2 aromatic rings. The summed E-state index contributed by atoms with van der Waals surface area (Å²) in [5.41, 5.74) is 8.66. The largest absolute Gasteiger partial charge is 0.363 e. The predicted molar refractivity (Wildman–Crippen MR) is 80.2 cm³/mol. The van der Waals surface area contributed by atoms with Gasteiger partial charge in [-0.2, -0.15) is 0 Å². The van der Waals surface area contributed by atoms with Crippen LogP contribution in [0.4, 0.5) is 11.4 Å². The van der Waals surface area contributed by atoms with Gasteiger partial charge in [-0.25, -0.2) is 4.98 Å². The van der Waals surface area contributed by atoms with Crippen LogP contribution in [0.1, 0.15) is 13.3 Å². The molecule has 0 aliphatic carbocycles. The van der Waals surface area contributed by atoms with Crippen molar-refractivity contribution in [2.45, 2.75) is 19.4 Å². The quantitative estimate of drug-likeness (QED) is 0.693. The van der Waals surface area contributed by atoms with Crippen molar-refractivity contribution in [3.63, 3.8) is 0 Å². The number of anilines is 1. The SMILES string of the molecule is CC1CC(CN)CN1c1ccc2scnc2c1[N+](=O)[O-]. The van der Waals surface area contributed by atoms with Gasteiger partial charge in [0.1, 0.15) is 5.69 Å². The summed E-state index contributed by atoms with van der Waals surface area (Å²) in [5.74, 6) is 0.399. The van der Waals surface area contributed by atoms with Crippen LogP contribution in [-0.2, 0) is 0 Å². The molecule has 2 atom stereocenters. The summed E-state index contributed by atoms with van der Waals surface area (Å²) in [4.78, 5) is 17.4. The Morgan fingerprint density at radius 2 is 2.40 bits per heavy atom. The normalized spacial score (nSPS) is 22.6. The molecule has 6 nitrogen and oxygen atoms in total. The average Bonchev–Trinajstić information content (AvgIpc) is 3.02. The highest BCUT2D eigenvalue weighted by Gasteiger charge is 2.33. The number of nitro benzene ring substituents is 1. The smallest absolute Gasteiger partial charge is 0.319 e. The van der Waals surface area contributed by atoms with Gasteiger partial charge in [-0.15, -0.1) is 11.3 Å². The minimum Gasteiger partial charge on any atom is -0.363 e. The molecular weight excluding hydrogens is 276 g/mol. The number of thiazole rings is 1. The number of rotatable bonds is 3. The lowest BCUT2D eigenvalue weighted by molar-refractivity contribution is -0.382. The van der Waals surface area contributed by atoms with Crippen molar-refractivity contribution in [2.75, 3.05) is 18.0 Å².